The maximum atomic E-state index is 12.8. The molecule has 0 radical (unpaired) electrons. The fraction of sp³-hybridized carbons (Fsp3) is 0.190. The van der Waals surface area contributed by atoms with E-state index >= 15 is 0 Å². The van der Waals surface area contributed by atoms with Gasteiger partial charge >= 0.3 is 6.18 Å². The van der Waals surface area contributed by atoms with Gasteiger partial charge in [-0.1, -0.05) is 6.07 Å². The summed E-state index contributed by atoms with van der Waals surface area (Å²) in [5.41, 5.74) is -0.979. The molecule has 0 aliphatic carbocycles. The second kappa shape index (κ2) is 8.46. The van der Waals surface area contributed by atoms with Gasteiger partial charge in [-0.25, -0.2) is 8.42 Å². The third kappa shape index (κ3) is 5.46. The van der Waals surface area contributed by atoms with E-state index < -0.39 is 33.7 Å². The summed E-state index contributed by atoms with van der Waals surface area (Å²) in [5, 5.41) is 2.74. The lowest BCUT2D eigenvalue weighted by Gasteiger charge is -2.13. The van der Waals surface area contributed by atoms with E-state index in [-0.39, 0.29) is 16.1 Å². The van der Waals surface area contributed by atoms with Gasteiger partial charge in [-0.15, -0.1) is 0 Å². The first kappa shape index (κ1) is 22.4. The molecule has 1 atom stereocenters. The van der Waals surface area contributed by atoms with Crippen molar-refractivity contribution in [2.24, 2.45) is 0 Å². The third-order valence-electron chi connectivity index (χ3n) is 4.40. The van der Waals surface area contributed by atoms with Gasteiger partial charge in [-0.3, -0.25) is 9.52 Å². The SMILES string of the molecule is Cc1ccc([C@@H](C)NC(=O)c2ccc(S(=O)(=O)Nc3cccc(C(F)(F)F)c3)cc2)o1. The molecular formula is C21H19F3N2O4S. The van der Waals surface area contributed by atoms with Crippen molar-refractivity contribution < 1.29 is 30.8 Å². The smallest absolute Gasteiger partial charge is 0.416 e. The van der Waals surface area contributed by atoms with E-state index in [1.807, 2.05) is 0 Å². The molecule has 1 aromatic heterocycles. The molecule has 1 heterocycles. The fourth-order valence-corrected chi connectivity index (χ4v) is 3.85. The van der Waals surface area contributed by atoms with Crippen LogP contribution in [0.15, 0.2) is 70.0 Å². The van der Waals surface area contributed by atoms with E-state index in [1.54, 1.807) is 26.0 Å². The maximum absolute atomic E-state index is 12.8. The number of furan rings is 1. The first-order valence-corrected chi connectivity index (χ1v) is 10.6. The van der Waals surface area contributed by atoms with Crippen LogP contribution >= 0.6 is 0 Å². The number of carbonyl (C=O) groups is 1. The summed E-state index contributed by atoms with van der Waals surface area (Å²) in [6.07, 6.45) is -4.60. The zero-order valence-corrected chi connectivity index (χ0v) is 17.3. The highest BCUT2D eigenvalue weighted by molar-refractivity contribution is 7.92. The van der Waals surface area contributed by atoms with Crippen LogP contribution in [0, 0.1) is 6.92 Å². The van der Waals surface area contributed by atoms with Crippen LogP contribution in [0.4, 0.5) is 18.9 Å². The molecule has 3 rings (SSSR count). The maximum Gasteiger partial charge on any atom is 0.416 e. The molecule has 0 aliphatic rings. The van der Waals surface area contributed by atoms with E-state index in [9.17, 15) is 26.4 Å². The van der Waals surface area contributed by atoms with Gasteiger partial charge in [-0.2, -0.15) is 13.2 Å². The van der Waals surface area contributed by atoms with Gasteiger partial charge in [0.15, 0.2) is 0 Å². The number of benzene rings is 2. The normalized spacial score (nSPS) is 12.9. The van der Waals surface area contributed by atoms with E-state index in [2.05, 4.69) is 10.0 Å². The van der Waals surface area contributed by atoms with Crippen molar-refractivity contribution in [3.8, 4) is 0 Å². The topological polar surface area (TPSA) is 88.4 Å². The van der Waals surface area contributed by atoms with Gasteiger partial charge in [0.05, 0.1) is 16.5 Å². The Morgan fingerprint density at radius 1 is 1.03 bits per heavy atom. The number of alkyl halides is 3. The average molecular weight is 452 g/mol. The van der Waals surface area contributed by atoms with Crippen molar-refractivity contribution in [2.75, 3.05) is 4.72 Å². The van der Waals surface area contributed by atoms with Crippen LogP contribution in [0.1, 0.15) is 40.4 Å². The molecule has 0 bridgehead atoms. The Balaban J connectivity index is 1.72. The number of amides is 1. The predicted molar refractivity (Wildman–Crippen MR) is 108 cm³/mol. The summed E-state index contributed by atoms with van der Waals surface area (Å²) in [5.74, 6) is 0.852. The van der Waals surface area contributed by atoms with Crippen LogP contribution in [0.2, 0.25) is 0 Å². The summed E-state index contributed by atoms with van der Waals surface area (Å²) >= 11 is 0. The van der Waals surface area contributed by atoms with Crippen molar-refractivity contribution in [1.82, 2.24) is 5.32 Å². The minimum atomic E-state index is -4.60. The molecule has 31 heavy (non-hydrogen) atoms. The second-order valence-corrected chi connectivity index (χ2v) is 8.53. The Hall–Kier alpha value is -3.27. The first-order valence-electron chi connectivity index (χ1n) is 9.13. The Labute approximate surface area is 177 Å². The summed E-state index contributed by atoms with van der Waals surface area (Å²) in [4.78, 5) is 12.2. The van der Waals surface area contributed by atoms with Gasteiger partial charge in [0.2, 0.25) is 0 Å². The summed E-state index contributed by atoms with van der Waals surface area (Å²) < 4.78 is 71.0. The molecule has 2 N–H and O–H groups in total. The van der Waals surface area contributed by atoms with E-state index in [0.29, 0.717) is 17.6 Å². The van der Waals surface area contributed by atoms with E-state index in [1.165, 1.54) is 30.3 Å². The molecular weight excluding hydrogens is 433 g/mol. The lowest BCUT2D eigenvalue weighted by atomic mass is 10.2. The quantitative estimate of drug-likeness (QED) is 0.557. The van der Waals surface area contributed by atoms with Gasteiger partial charge in [0.1, 0.15) is 11.5 Å². The van der Waals surface area contributed by atoms with Gasteiger partial charge in [-0.05, 0) is 68.4 Å². The average Bonchev–Trinajstić information content (AvgIpc) is 3.14. The zero-order valence-electron chi connectivity index (χ0n) is 16.5. The molecule has 164 valence electrons. The number of anilines is 1. The number of hydrogen-bond acceptors (Lipinski definition) is 4. The van der Waals surface area contributed by atoms with Crippen LogP contribution < -0.4 is 10.0 Å². The summed E-state index contributed by atoms with van der Waals surface area (Å²) in [6.45, 7) is 3.53. The molecule has 0 fully saturated rings. The summed E-state index contributed by atoms with van der Waals surface area (Å²) in [7, 11) is -4.15. The molecule has 2 aromatic carbocycles. The van der Waals surface area contributed by atoms with E-state index in [0.717, 1.165) is 12.1 Å². The van der Waals surface area contributed by atoms with Gasteiger partial charge in [0.25, 0.3) is 15.9 Å². The standard InChI is InChI=1S/C21H19F3N2O4S/c1-13-6-11-19(30-13)14(2)25-20(27)15-7-9-18(10-8-15)31(28,29)26-17-5-3-4-16(12-17)21(22,23)24/h3-12,14,26H,1-2H3,(H,25,27)/t14-/m1/s1. The number of halogens is 3. The van der Waals surface area contributed by atoms with Gasteiger partial charge in [0, 0.05) is 11.3 Å². The number of hydrogen-bond donors (Lipinski definition) is 2. The number of rotatable bonds is 6. The number of aryl methyl sites for hydroxylation is 1. The zero-order chi connectivity index (χ0) is 22.8. The number of nitrogens with one attached hydrogen (secondary N) is 2. The van der Waals surface area contributed by atoms with Crippen molar-refractivity contribution >= 4 is 21.6 Å². The molecule has 1 amide bonds. The highest BCUT2D eigenvalue weighted by Crippen LogP contribution is 2.31. The minimum Gasteiger partial charge on any atom is -0.464 e. The first-order chi connectivity index (χ1) is 14.5. The van der Waals surface area contributed by atoms with Crippen LogP contribution in [0.3, 0.4) is 0 Å². The monoisotopic (exact) mass is 452 g/mol. The highest BCUT2D eigenvalue weighted by atomic mass is 32.2. The fourth-order valence-electron chi connectivity index (χ4n) is 2.80. The predicted octanol–water partition coefficient (Wildman–Crippen LogP) is 4.90. The number of sulfonamides is 1. The third-order valence-corrected chi connectivity index (χ3v) is 5.80. The lowest BCUT2D eigenvalue weighted by molar-refractivity contribution is -0.137. The van der Waals surface area contributed by atoms with Crippen LogP contribution in [0.25, 0.3) is 0 Å². The van der Waals surface area contributed by atoms with E-state index in [4.69, 9.17) is 4.42 Å². The van der Waals surface area contributed by atoms with Crippen molar-refractivity contribution in [3.05, 3.63) is 83.3 Å². The van der Waals surface area contributed by atoms with Crippen LogP contribution in [-0.4, -0.2) is 14.3 Å². The van der Waals surface area contributed by atoms with Crippen LogP contribution in [-0.2, 0) is 16.2 Å². The highest BCUT2D eigenvalue weighted by Gasteiger charge is 2.30. The van der Waals surface area contributed by atoms with Crippen molar-refractivity contribution in [1.29, 1.82) is 0 Å². The Morgan fingerprint density at radius 3 is 2.29 bits per heavy atom. The summed E-state index contributed by atoms with van der Waals surface area (Å²) in [6, 6.07) is 12.0. The molecule has 0 unspecified atom stereocenters. The van der Waals surface area contributed by atoms with Gasteiger partial charge < -0.3 is 9.73 Å². The Morgan fingerprint density at radius 2 is 1.71 bits per heavy atom. The lowest BCUT2D eigenvalue weighted by Crippen LogP contribution is -2.26. The van der Waals surface area contributed by atoms with Crippen molar-refractivity contribution in [2.45, 2.75) is 31.0 Å². The molecule has 3 aromatic rings. The Kier molecular flexibility index (Phi) is 6.12. The van der Waals surface area contributed by atoms with Crippen LogP contribution in [0.5, 0.6) is 0 Å². The molecule has 6 nitrogen and oxygen atoms in total. The molecule has 0 saturated heterocycles. The number of carbonyl (C=O) groups excluding carboxylic acids is 1. The van der Waals surface area contributed by atoms with Crippen molar-refractivity contribution in [3.63, 3.8) is 0 Å². The minimum absolute atomic E-state index is 0.198. The molecule has 0 aliphatic heterocycles. The molecule has 0 spiro atoms. The molecule has 10 heteroatoms. The Bertz CT molecular complexity index is 1190. The second-order valence-electron chi connectivity index (χ2n) is 6.85. The molecule has 0 saturated carbocycles. The largest absolute Gasteiger partial charge is 0.464 e.